The molecule has 1 saturated heterocycles. The Labute approximate surface area is 182 Å². The van der Waals surface area contributed by atoms with Crippen LogP contribution in [-0.4, -0.2) is 52.2 Å². The summed E-state index contributed by atoms with van der Waals surface area (Å²) < 4.78 is 1.85. The number of hydrogen-bond donors (Lipinski definition) is 2. The monoisotopic (exact) mass is 417 g/mol. The first-order valence-corrected chi connectivity index (χ1v) is 10.6. The van der Waals surface area contributed by atoms with Crippen molar-refractivity contribution in [2.45, 2.75) is 25.4 Å². The third-order valence-corrected chi connectivity index (χ3v) is 5.47. The van der Waals surface area contributed by atoms with Gasteiger partial charge in [-0.2, -0.15) is 5.10 Å². The van der Waals surface area contributed by atoms with Crippen LogP contribution in [0.4, 0.5) is 5.69 Å². The predicted molar refractivity (Wildman–Crippen MR) is 120 cm³/mol. The van der Waals surface area contributed by atoms with E-state index in [1.165, 1.54) is 0 Å². The smallest absolute Gasteiger partial charge is 0.251 e. The first-order valence-electron chi connectivity index (χ1n) is 10.6. The Morgan fingerprint density at radius 1 is 0.968 bits per heavy atom. The van der Waals surface area contributed by atoms with Gasteiger partial charge in [-0.3, -0.25) is 19.2 Å². The van der Waals surface area contributed by atoms with Gasteiger partial charge in [0.05, 0.1) is 13.1 Å². The molecule has 0 unspecified atom stereocenters. The molecule has 1 aromatic heterocycles. The molecule has 7 nitrogen and oxygen atoms in total. The number of rotatable bonds is 7. The molecule has 1 fully saturated rings. The molecule has 0 saturated carbocycles. The van der Waals surface area contributed by atoms with E-state index in [2.05, 4.69) is 20.6 Å². The summed E-state index contributed by atoms with van der Waals surface area (Å²) in [4.78, 5) is 27.0. The van der Waals surface area contributed by atoms with Crippen LogP contribution in [0.15, 0.2) is 73.1 Å². The number of anilines is 1. The average molecular weight is 418 g/mol. The van der Waals surface area contributed by atoms with Gasteiger partial charge < -0.3 is 10.6 Å². The van der Waals surface area contributed by atoms with Gasteiger partial charge in [0.25, 0.3) is 5.91 Å². The molecule has 3 aromatic rings. The fourth-order valence-corrected chi connectivity index (χ4v) is 3.77. The Kier molecular flexibility index (Phi) is 6.74. The van der Waals surface area contributed by atoms with Crippen molar-refractivity contribution in [2.24, 2.45) is 0 Å². The summed E-state index contributed by atoms with van der Waals surface area (Å²) in [6.07, 6.45) is 5.34. The van der Waals surface area contributed by atoms with Crippen LogP contribution in [0, 0.1) is 0 Å². The largest absolute Gasteiger partial charge is 0.349 e. The summed E-state index contributed by atoms with van der Waals surface area (Å²) >= 11 is 0. The van der Waals surface area contributed by atoms with Crippen LogP contribution in [0.1, 0.15) is 28.8 Å². The van der Waals surface area contributed by atoms with Crippen molar-refractivity contribution in [1.82, 2.24) is 20.0 Å². The number of carbonyl (C=O) groups is 2. The van der Waals surface area contributed by atoms with Gasteiger partial charge in [0.2, 0.25) is 5.91 Å². The van der Waals surface area contributed by atoms with E-state index in [-0.39, 0.29) is 17.9 Å². The molecule has 2 N–H and O–H groups in total. The summed E-state index contributed by atoms with van der Waals surface area (Å²) in [7, 11) is 0. The quantitative estimate of drug-likeness (QED) is 0.620. The third-order valence-electron chi connectivity index (χ3n) is 5.47. The van der Waals surface area contributed by atoms with Crippen molar-refractivity contribution in [3.05, 3.63) is 84.2 Å². The number of hydrogen-bond acceptors (Lipinski definition) is 4. The molecule has 1 aliphatic heterocycles. The third kappa shape index (κ3) is 6.02. The van der Waals surface area contributed by atoms with Gasteiger partial charge >= 0.3 is 0 Å². The van der Waals surface area contributed by atoms with E-state index in [9.17, 15) is 9.59 Å². The molecule has 0 atom stereocenters. The lowest BCUT2D eigenvalue weighted by molar-refractivity contribution is -0.117. The number of carbonyl (C=O) groups excluding carboxylic acids is 2. The molecule has 0 radical (unpaired) electrons. The number of benzene rings is 2. The van der Waals surface area contributed by atoms with Crippen LogP contribution < -0.4 is 10.6 Å². The van der Waals surface area contributed by atoms with Crippen LogP contribution in [0.5, 0.6) is 0 Å². The van der Waals surface area contributed by atoms with E-state index in [0.717, 1.165) is 37.2 Å². The number of likely N-dealkylation sites (tertiary alicyclic amines) is 1. The van der Waals surface area contributed by atoms with Gasteiger partial charge in [-0.1, -0.05) is 30.3 Å². The van der Waals surface area contributed by atoms with E-state index in [1.807, 2.05) is 71.5 Å². The van der Waals surface area contributed by atoms with Gasteiger partial charge in [0.15, 0.2) is 0 Å². The highest BCUT2D eigenvalue weighted by Gasteiger charge is 2.22. The molecular weight excluding hydrogens is 390 g/mol. The van der Waals surface area contributed by atoms with Crippen molar-refractivity contribution < 1.29 is 9.59 Å². The zero-order valence-electron chi connectivity index (χ0n) is 17.4. The average Bonchev–Trinajstić information content (AvgIpc) is 3.29. The fraction of sp³-hybridized carbons (Fsp3) is 0.292. The minimum atomic E-state index is -0.0501. The normalized spacial score (nSPS) is 14.8. The van der Waals surface area contributed by atoms with Crippen LogP contribution in [0.2, 0.25) is 0 Å². The predicted octanol–water partition coefficient (Wildman–Crippen LogP) is 2.76. The highest BCUT2D eigenvalue weighted by atomic mass is 16.2. The minimum absolute atomic E-state index is 0.0103. The summed E-state index contributed by atoms with van der Waals surface area (Å²) in [6, 6.07) is 19.1. The number of piperidine rings is 1. The highest BCUT2D eigenvalue weighted by molar-refractivity contribution is 5.94. The van der Waals surface area contributed by atoms with Crippen LogP contribution in [-0.2, 0) is 11.3 Å². The second-order valence-electron chi connectivity index (χ2n) is 7.84. The highest BCUT2D eigenvalue weighted by Crippen LogP contribution is 2.13. The Morgan fingerprint density at radius 3 is 2.39 bits per heavy atom. The van der Waals surface area contributed by atoms with Crippen molar-refractivity contribution in [3.8, 4) is 0 Å². The topological polar surface area (TPSA) is 79.3 Å². The van der Waals surface area contributed by atoms with Gasteiger partial charge in [0.1, 0.15) is 0 Å². The molecule has 0 aliphatic carbocycles. The maximum atomic E-state index is 12.6. The lowest BCUT2D eigenvalue weighted by Gasteiger charge is -2.31. The molecule has 160 valence electrons. The first kappa shape index (κ1) is 20.8. The van der Waals surface area contributed by atoms with E-state index >= 15 is 0 Å². The zero-order valence-corrected chi connectivity index (χ0v) is 17.4. The molecule has 0 bridgehead atoms. The van der Waals surface area contributed by atoms with E-state index in [4.69, 9.17) is 0 Å². The van der Waals surface area contributed by atoms with Gasteiger partial charge in [-0.15, -0.1) is 0 Å². The van der Waals surface area contributed by atoms with Crippen molar-refractivity contribution >= 4 is 17.5 Å². The fourth-order valence-electron chi connectivity index (χ4n) is 3.77. The second-order valence-corrected chi connectivity index (χ2v) is 7.84. The summed E-state index contributed by atoms with van der Waals surface area (Å²) in [5, 5.41) is 10.2. The van der Waals surface area contributed by atoms with Crippen LogP contribution in [0.3, 0.4) is 0 Å². The second kappa shape index (κ2) is 10.0. The van der Waals surface area contributed by atoms with Gasteiger partial charge in [-0.25, -0.2) is 0 Å². The molecular formula is C24H27N5O2. The molecule has 4 rings (SSSR count). The van der Waals surface area contributed by atoms with Crippen molar-refractivity contribution in [2.75, 3.05) is 25.0 Å². The summed E-state index contributed by atoms with van der Waals surface area (Å²) in [5.41, 5.74) is 2.57. The first-order chi connectivity index (χ1) is 15.2. The van der Waals surface area contributed by atoms with Gasteiger partial charge in [0, 0.05) is 42.8 Å². The maximum absolute atomic E-state index is 12.6. The molecule has 1 aliphatic rings. The molecule has 7 heteroatoms. The lowest BCUT2D eigenvalue weighted by Crippen LogP contribution is -2.46. The van der Waals surface area contributed by atoms with Crippen molar-refractivity contribution in [3.63, 3.8) is 0 Å². The number of para-hydroxylation sites is 1. The van der Waals surface area contributed by atoms with E-state index in [1.54, 1.807) is 6.20 Å². The Morgan fingerprint density at radius 2 is 1.71 bits per heavy atom. The molecule has 0 spiro atoms. The minimum Gasteiger partial charge on any atom is -0.349 e. The van der Waals surface area contributed by atoms with Crippen LogP contribution in [0.25, 0.3) is 0 Å². The van der Waals surface area contributed by atoms with E-state index in [0.29, 0.717) is 18.7 Å². The summed E-state index contributed by atoms with van der Waals surface area (Å²) in [5.74, 6) is -0.0604. The summed E-state index contributed by atoms with van der Waals surface area (Å²) in [6.45, 7) is 2.63. The molecule has 31 heavy (non-hydrogen) atoms. The van der Waals surface area contributed by atoms with Crippen LogP contribution >= 0.6 is 0 Å². The lowest BCUT2D eigenvalue weighted by atomic mass is 10.0. The SMILES string of the molecule is O=C(CN1CCC(NC(=O)c2ccc(Cn3cccn3)cc2)CC1)Nc1ccccc1. The number of nitrogens with one attached hydrogen (secondary N) is 2. The Hall–Kier alpha value is -3.45. The number of amides is 2. The molecule has 2 heterocycles. The standard InChI is InChI=1S/C24H27N5O2/c30-23(26-21-5-2-1-3-6-21)18-28-15-11-22(12-16-28)27-24(31)20-9-7-19(8-10-20)17-29-14-4-13-25-29/h1-10,13-14,22H,11-12,15-18H2,(H,26,30)(H,27,31). The zero-order chi connectivity index (χ0) is 21.5. The molecule has 2 amide bonds. The van der Waals surface area contributed by atoms with E-state index < -0.39 is 0 Å². The molecule has 2 aromatic carbocycles. The maximum Gasteiger partial charge on any atom is 0.251 e. The van der Waals surface area contributed by atoms with Gasteiger partial charge in [-0.05, 0) is 48.7 Å². The number of nitrogens with zero attached hydrogens (tertiary/aromatic N) is 3. The van der Waals surface area contributed by atoms with Crippen molar-refractivity contribution in [1.29, 1.82) is 0 Å². The number of aromatic nitrogens is 2. The Bertz CT molecular complexity index is 979. The Balaban J connectivity index is 1.20.